The summed E-state index contributed by atoms with van der Waals surface area (Å²) in [7, 11) is 0. The fourth-order valence-electron chi connectivity index (χ4n) is 1.95. The van der Waals surface area contributed by atoms with Crippen molar-refractivity contribution in [2.24, 2.45) is 5.92 Å². The van der Waals surface area contributed by atoms with Crippen LogP contribution in [-0.2, 0) is 9.59 Å². The van der Waals surface area contributed by atoms with Gasteiger partial charge in [-0.05, 0) is 19.3 Å². The number of carbonyl (C=O) groups is 3. The predicted molar refractivity (Wildman–Crippen MR) is 71.7 cm³/mol. The van der Waals surface area contributed by atoms with Crippen molar-refractivity contribution in [3.63, 3.8) is 0 Å². The number of carbonyl (C=O) groups excluding carboxylic acids is 2. The summed E-state index contributed by atoms with van der Waals surface area (Å²) in [5.41, 5.74) is 0. The molecule has 110 valence electrons. The monoisotopic (exact) mass is 272 g/mol. The molecule has 0 aliphatic rings. The maximum atomic E-state index is 11.5. The second kappa shape index (κ2) is 9.35. The van der Waals surface area contributed by atoms with E-state index in [-0.39, 0.29) is 25.3 Å². The van der Waals surface area contributed by atoms with Gasteiger partial charge in [-0.1, -0.05) is 26.7 Å². The van der Waals surface area contributed by atoms with E-state index in [1.807, 2.05) is 6.92 Å². The molecule has 6 heteroatoms. The normalized spacial score (nSPS) is 12.0. The Kier molecular flexibility index (Phi) is 8.57. The van der Waals surface area contributed by atoms with Crippen molar-refractivity contribution < 1.29 is 19.5 Å². The molecule has 19 heavy (non-hydrogen) atoms. The van der Waals surface area contributed by atoms with E-state index in [9.17, 15) is 14.4 Å². The Morgan fingerprint density at radius 1 is 1.11 bits per heavy atom. The van der Waals surface area contributed by atoms with Gasteiger partial charge in [0.2, 0.25) is 5.91 Å². The largest absolute Gasteiger partial charge is 0.481 e. The quantitative estimate of drug-likeness (QED) is 0.628. The highest BCUT2D eigenvalue weighted by molar-refractivity contribution is 5.94. The minimum Gasteiger partial charge on any atom is -0.481 e. The molecule has 3 amide bonds. The third kappa shape index (κ3) is 8.18. The number of hydrogen-bond acceptors (Lipinski definition) is 3. The second-order valence-corrected chi connectivity index (χ2v) is 4.63. The zero-order valence-corrected chi connectivity index (χ0v) is 11.9. The Morgan fingerprint density at radius 3 is 2.16 bits per heavy atom. The average molecular weight is 272 g/mol. The Morgan fingerprint density at radius 2 is 1.68 bits per heavy atom. The van der Waals surface area contributed by atoms with Gasteiger partial charge in [-0.15, -0.1) is 0 Å². The smallest absolute Gasteiger partial charge is 0.321 e. The van der Waals surface area contributed by atoms with Crippen molar-refractivity contribution in [3.8, 4) is 0 Å². The van der Waals surface area contributed by atoms with Gasteiger partial charge >= 0.3 is 12.0 Å². The van der Waals surface area contributed by atoms with Crippen molar-refractivity contribution in [3.05, 3.63) is 0 Å². The molecule has 0 heterocycles. The van der Waals surface area contributed by atoms with Gasteiger partial charge in [-0.3, -0.25) is 14.9 Å². The number of hydrogen-bond donors (Lipinski definition) is 3. The van der Waals surface area contributed by atoms with E-state index >= 15 is 0 Å². The van der Waals surface area contributed by atoms with E-state index < -0.39 is 17.9 Å². The number of rotatable bonds is 8. The summed E-state index contributed by atoms with van der Waals surface area (Å²) in [6.45, 7) is 6.02. The molecule has 0 aliphatic carbocycles. The molecule has 0 aromatic rings. The SMILES string of the molecule is CCC(CC)C(C)NC(=O)NC(=O)CCCC(=O)O. The predicted octanol–water partition coefficient (Wildman–Crippen LogP) is 1.89. The van der Waals surface area contributed by atoms with E-state index in [0.29, 0.717) is 5.92 Å². The molecule has 0 saturated carbocycles. The van der Waals surface area contributed by atoms with Crippen LogP contribution in [0.5, 0.6) is 0 Å². The van der Waals surface area contributed by atoms with Gasteiger partial charge in [-0.25, -0.2) is 4.79 Å². The number of imide groups is 1. The van der Waals surface area contributed by atoms with Crippen LogP contribution in [0, 0.1) is 5.92 Å². The molecule has 0 aromatic heterocycles. The number of urea groups is 1. The fourth-order valence-corrected chi connectivity index (χ4v) is 1.95. The third-order valence-corrected chi connectivity index (χ3v) is 3.16. The molecule has 0 spiro atoms. The first kappa shape index (κ1) is 17.4. The molecular formula is C13H24N2O4. The molecule has 1 unspecified atom stereocenters. The zero-order valence-electron chi connectivity index (χ0n) is 11.9. The minimum absolute atomic E-state index is 0.00168. The highest BCUT2D eigenvalue weighted by Crippen LogP contribution is 2.12. The highest BCUT2D eigenvalue weighted by atomic mass is 16.4. The highest BCUT2D eigenvalue weighted by Gasteiger charge is 2.16. The lowest BCUT2D eigenvalue weighted by Crippen LogP contribution is -2.45. The van der Waals surface area contributed by atoms with E-state index in [1.165, 1.54) is 0 Å². The van der Waals surface area contributed by atoms with Gasteiger partial charge in [0.25, 0.3) is 0 Å². The van der Waals surface area contributed by atoms with E-state index in [0.717, 1.165) is 12.8 Å². The summed E-state index contributed by atoms with van der Waals surface area (Å²) >= 11 is 0. The van der Waals surface area contributed by atoms with Crippen LogP contribution in [0.25, 0.3) is 0 Å². The van der Waals surface area contributed by atoms with Crippen LogP contribution in [0.3, 0.4) is 0 Å². The van der Waals surface area contributed by atoms with E-state index in [4.69, 9.17) is 5.11 Å². The molecule has 6 nitrogen and oxygen atoms in total. The van der Waals surface area contributed by atoms with Gasteiger partial charge < -0.3 is 10.4 Å². The number of amides is 3. The van der Waals surface area contributed by atoms with Gasteiger partial charge in [0, 0.05) is 18.9 Å². The number of carboxylic acid groups (broad SMARTS) is 1. The summed E-state index contributed by atoms with van der Waals surface area (Å²) in [5.74, 6) is -1.01. The summed E-state index contributed by atoms with van der Waals surface area (Å²) in [6.07, 6.45) is 2.13. The number of aliphatic carboxylic acids is 1. The van der Waals surface area contributed by atoms with Gasteiger partial charge in [0.1, 0.15) is 0 Å². The summed E-state index contributed by atoms with van der Waals surface area (Å²) in [6, 6.07) is -0.512. The molecule has 0 rings (SSSR count). The first-order valence-corrected chi connectivity index (χ1v) is 6.72. The topological polar surface area (TPSA) is 95.5 Å². The first-order chi connectivity index (χ1) is 8.90. The molecule has 0 saturated heterocycles. The maximum Gasteiger partial charge on any atom is 0.321 e. The Bertz CT molecular complexity index is 314. The lowest BCUT2D eigenvalue weighted by atomic mass is 9.96. The molecule has 3 N–H and O–H groups in total. The van der Waals surface area contributed by atoms with Crippen LogP contribution in [0.2, 0.25) is 0 Å². The summed E-state index contributed by atoms with van der Waals surface area (Å²) in [4.78, 5) is 33.2. The minimum atomic E-state index is -0.945. The lowest BCUT2D eigenvalue weighted by Gasteiger charge is -2.22. The Balaban J connectivity index is 3.96. The van der Waals surface area contributed by atoms with Crippen LogP contribution < -0.4 is 10.6 Å². The lowest BCUT2D eigenvalue weighted by molar-refractivity contribution is -0.137. The van der Waals surface area contributed by atoms with Gasteiger partial charge in [0.15, 0.2) is 0 Å². The van der Waals surface area contributed by atoms with Crippen molar-refractivity contribution in [1.82, 2.24) is 10.6 Å². The van der Waals surface area contributed by atoms with E-state index in [2.05, 4.69) is 24.5 Å². The molecule has 0 aromatic carbocycles. The van der Waals surface area contributed by atoms with Gasteiger partial charge in [0.05, 0.1) is 0 Å². The summed E-state index contributed by atoms with van der Waals surface area (Å²) in [5, 5.41) is 13.4. The Labute approximate surface area is 113 Å². The molecule has 1 atom stereocenters. The van der Waals surface area contributed by atoms with Gasteiger partial charge in [-0.2, -0.15) is 0 Å². The molecule has 0 fully saturated rings. The van der Waals surface area contributed by atoms with Crippen molar-refractivity contribution in [2.45, 2.75) is 58.9 Å². The van der Waals surface area contributed by atoms with Crippen molar-refractivity contribution >= 4 is 17.9 Å². The van der Waals surface area contributed by atoms with Crippen LogP contribution in [0.4, 0.5) is 4.79 Å². The van der Waals surface area contributed by atoms with Crippen LogP contribution >= 0.6 is 0 Å². The summed E-state index contributed by atoms with van der Waals surface area (Å²) < 4.78 is 0. The fraction of sp³-hybridized carbons (Fsp3) is 0.769. The van der Waals surface area contributed by atoms with Crippen molar-refractivity contribution in [2.75, 3.05) is 0 Å². The molecular weight excluding hydrogens is 248 g/mol. The third-order valence-electron chi connectivity index (χ3n) is 3.16. The molecule has 0 radical (unpaired) electrons. The zero-order chi connectivity index (χ0) is 14.8. The number of nitrogens with one attached hydrogen (secondary N) is 2. The van der Waals surface area contributed by atoms with Crippen LogP contribution in [0.1, 0.15) is 52.9 Å². The molecule has 0 aliphatic heterocycles. The Hall–Kier alpha value is -1.59. The standard InChI is InChI=1S/C13H24N2O4/c1-4-10(5-2)9(3)14-13(19)15-11(16)7-6-8-12(17)18/h9-10H,4-8H2,1-3H3,(H,17,18)(H2,14,15,16,19). The molecule has 0 bridgehead atoms. The average Bonchev–Trinajstić information content (AvgIpc) is 2.29. The van der Waals surface area contributed by atoms with Crippen LogP contribution in [0.15, 0.2) is 0 Å². The second-order valence-electron chi connectivity index (χ2n) is 4.63. The van der Waals surface area contributed by atoms with Crippen molar-refractivity contribution in [1.29, 1.82) is 0 Å². The first-order valence-electron chi connectivity index (χ1n) is 6.72. The van der Waals surface area contributed by atoms with Crippen LogP contribution in [-0.4, -0.2) is 29.1 Å². The van der Waals surface area contributed by atoms with E-state index in [1.54, 1.807) is 0 Å². The number of carboxylic acids is 1. The maximum absolute atomic E-state index is 11.5.